The molecule has 1 fully saturated rings. The van der Waals surface area contributed by atoms with Crippen LogP contribution in [0.25, 0.3) is 11.1 Å². The SMILES string of the molecule is O=C(OC1OC(CO)C(O)C2OC(=O)c3cc(O)c(O)c(O)c3-c3c(cc(O)c(O)c3O)C(=O)OC12)c1cc(O)c(O)c(Oc2c(C(=O)O)cc(O)c(O)c2O)c1. The molecule has 0 amide bonds. The zero-order chi connectivity index (χ0) is 41.9. The van der Waals surface area contributed by atoms with E-state index >= 15 is 0 Å². The van der Waals surface area contributed by atoms with Crippen molar-refractivity contribution in [2.75, 3.05) is 6.61 Å². The van der Waals surface area contributed by atoms with Crippen molar-refractivity contribution in [3.05, 3.63) is 52.6 Å². The summed E-state index contributed by atoms with van der Waals surface area (Å²) in [5.41, 5.74) is -5.66. The summed E-state index contributed by atoms with van der Waals surface area (Å²) in [7, 11) is 0. The lowest BCUT2D eigenvalue weighted by Gasteiger charge is -2.42. The van der Waals surface area contributed by atoms with Crippen LogP contribution in [-0.2, 0) is 18.9 Å². The molecule has 0 bridgehead atoms. The highest BCUT2D eigenvalue weighted by Gasteiger charge is 2.53. The molecule has 4 aromatic carbocycles. The van der Waals surface area contributed by atoms with Gasteiger partial charge in [0, 0.05) is 17.2 Å². The van der Waals surface area contributed by atoms with E-state index in [1.165, 1.54) is 0 Å². The quantitative estimate of drug-likeness (QED) is 0.0721. The lowest BCUT2D eigenvalue weighted by Crippen LogP contribution is -2.62. The monoisotopic (exact) mass is 802 g/mol. The highest BCUT2D eigenvalue weighted by atomic mass is 16.7. The molecule has 0 radical (unpaired) electrons. The van der Waals surface area contributed by atoms with E-state index in [-0.39, 0.29) is 0 Å². The number of aliphatic hydroxyl groups is 2. The number of benzene rings is 4. The third-order valence-corrected chi connectivity index (χ3v) is 8.65. The standard InChI is InChI=1S/C34H26O23/c35-6-16-23(44)28-29(56-33(52)9-4-13(38)21(42)25(46)18(9)17-8(32(51)55-28)3-12(37)20(41)24(17)45)34(54-16)57-31(50)7-1-11(36)19(40)15(2-7)53-27-10(30(48)49)5-14(39)22(43)26(27)47/h1-5,16,23,28-29,34-47H,6H2,(H,48,49). The topological polar surface area (TPSA) is 398 Å². The van der Waals surface area contributed by atoms with Crippen LogP contribution < -0.4 is 4.74 Å². The number of aromatic hydroxyl groups is 11. The van der Waals surface area contributed by atoms with Crippen LogP contribution in [0.4, 0.5) is 0 Å². The Hall–Kier alpha value is -7.76. The lowest BCUT2D eigenvalue weighted by atomic mass is 9.91. The average molecular weight is 803 g/mol. The number of carboxylic acids is 1. The summed E-state index contributed by atoms with van der Waals surface area (Å²) >= 11 is 0. The number of ether oxygens (including phenoxy) is 5. The Bertz CT molecular complexity index is 2390. The average Bonchev–Trinajstić information content (AvgIpc) is 3.16. The zero-order valence-corrected chi connectivity index (χ0v) is 27.9. The van der Waals surface area contributed by atoms with Crippen LogP contribution >= 0.6 is 0 Å². The minimum Gasteiger partial charge on any atom is -0.504 e. The highest BCUT2D eigenvalue weighted by Crippen LogP contribution is 2.53. The van der Waals surface area contributed by atoms with E-state index < -0.39 is 169 Å². The molecule has 57 heavy (non-hydrogen) atoms. The van der Waals surface area contributed by atoms with Crippen LogP contribution in [0.1, 0.15) is 41.4 Å². The number of fused-ring (bicyclic) bond motifs is 4. The summed E-state index contributed by atoms with van der Waals surface area (Å²) in [6.07, 6.45) is -10.8. The molecule has 6 rings (SSSR count). The number of esters is 3. The Morgan fingerprint density at radius 2 is 1.12 bits per heavy atom. The van der Waals surface area contributed by atoms with Gasteiger partial charge in [0.15, 0.2) is 52.1 Å². The van der Waals surface area contributed by atoms with Gasteiger partial charge in [-0.1, -0.05) is 0 Å². The number of phenols is 11. The van der Waals surface area contributed by atoms with Crippen molar-refractivity contribution in [3.63, 3.8) is 0 Å². The van der Waals surface area contributed by atoms with Crippen molar-refractivity contribution >= 4 is 23.9 Å². The molecule has 1 saturated heterocycles. The van der Waals surface area contributed by atoms with Crippen molar-refractivity contribution < 1.29 is 114 Å². The molecule has 23 nitrogen and oxygen atoms in total. The maximum atomic E-state index is 13.8. The Morgan fingerprint density at radius 1 is 0.632 bits per heavy atom. The van der Waals surface area contributed by atoms with Gasteiger partial charge in [0.05, 0.1) is 23.3 Å². The molecule has 4 aromatic rings. The van der Waals surface area contributed by atoms with Gasteiger partial charge < -0.3 is 95.2 Å². The summed E-state index contributed by atoms with van der Waals surface area (Å²) in [6, 6.07) is 2.56. The summed E-state index contributed by atoms with van der Waals surface area (Å²) in [6.45, 7) is -1.10. The minimum atomic E-state index is -2.33. The first-order valence-corrected chi connectivity index (χ1v) is 15.7. The number of carbonyl (C=O) groups excluding carboxylic acids is 3. The number of phenolic OH excluding ortho intramolecular Hbond substituents is 11. The van der Waals surface area contributed by atoms with E-state index in [1.54, 1.807) is 0 Å². The second kappa shape index (κ2) is 14.1. The molecule has 23 heteroatoms. The van der Waals surface area contributed by atoms with Crippen molar-refractivity contribution in [2.24, 2.45) is 0 Å². The van der Waals surface area contributed by atoms with Gasteiger partial charge in [-0.15, -0.1) is 0 Å². The van der Waals surface area contributed by atoms with E-state index in [0.717, 1.165) is 0 Å². The Morgan fingerprint density at radius 3 is 1.65 bits per heavy atom. The Labute approximate surface area is 314 Å². The molecule has 2 aliphatic rings. The first kappa shape index (κ1) is 38.9. The number of carboxylic acid groups (broad SMARTS) is 1. The van der Waals surface area contributed by atoms with E-state index in [0.29, 0.717) is 30.3 Å². The molecule has 5 atom stereocenters. The van der Waals surface area contributed by atoms with Crippen LogP contribution in [0.15, 0.2) is 30.3 Å². The van der Waals surface area contributed by atoms with Crippen LogP contribution in [0.5, 0.6) is 74.7 Å². The van der Waals surface area contributed by atoms with Crippen LogP contribution in [0.2, 0.25) is 0 Å². The highest BCUT2D eigenvalue weighted by molar-refractivity contribution is 6.08. The first-order valence-electron chi connectivity index (χ1n) is 15.7. The molecular formula is C34H26O23. The smallest absolute Gasteiger partial charge is 0.340 e. The predicted molar refractivity (Wildman–Crippen MR) is 176 cm³/mol. The first-order chi connectivity index (χ1) is 26.8. The van der Waals surface area contributed by atoms with Gasteiger partial charge in [0.25, 0.3) is 0 Å². The molecule has 300 valence electrons. The molecule has 14 N–H and O–H groups in total. The lowest BCUT2D eigenvalue weighted by molar-refractivity contribution is -0.283. The number of aromatic carboxylic acids is 1. The molecular weight excluding hydrogens is 776 g/mol. The second-order valence-corrected chi connectivity index (χ2v) is 12.1. The third-order valence-electron chi connectivity index (χ3n) is 8.65. The van der Waals surface area contributed by atoms with E-state index in [2.05, 4.69) is 0 Å². The summed E-state index contributed by atoms with van der Waals surface area (Å²) in [5, 5.41) is 144. The van der Waals surface area contributed by atoms with Gasteiger partial charge in [0.2, 0.25) is 41.1 Å². The summed E-state index contributed by atoms with van der Waals surface area (Å²) in [5.74, 6) is -22.5. The molecule has 0 aromatic heterocycles. The maximum absolute atomic E-state index is 13.8. The van der Waals surface area contributed by atoms with Crippen molar-refractivity contribution in [1.82, 2.24) is 0 Å². The second-order valence-electron chi connectivity index (χ2n) is 12.1. The van der Waals surface area contributed by atoms with Gasteiger partial charge in [-0.2, -0.15) is 0 Å². The van der Waals surface area contributed by atoms with E-state index in [1.807, 2.05) is 0 Å². The number of carbonyl (C=O) groups is 4. The van der Waals surface area contributed by atoms with Gasteiger partial charge in [-0.3, -0.25) is 0 Å². The Balaban J connectivity index is 1.44. The minimum absolute atomic E-state index is 0.454. The fraction of sp³-hybridized carbons (Fsp3) is 0.176. The molecule has 2 heterocycles. The number of rotatable bonds is 6. The maximum Gasteiger partial charge on any atom is 0.340 e. The van der Waals surface area contributed by atoms with Crippen molar-refractivity contribution in [2.45, 2.75) is 30.7 Å². The van der Waals surface area contributed by atoms with E-state index in [9.17, 15) is 90.7 Å². The van der Waals surface area contributed by atoms with Gasteiger partial charge in [0.1, 0.15) is 17.8 Å². The van der Waals surface area contributed by atoms with E-state index in [4.69, 9.17) is 23.7 Å². The fourth-order valence-electron chi connectivity index (χ4n) is 5.85. The predicted octanol–water partition coefficient (Wildman–Crippen LogP) is 0.605. The van der Waals surface area contributed by atoms with Crippen LogP contribution in [0, 0.1) is 0 Å². The molecule has 0 saturated carbocycles. The zero-order valence-electron chi connectivity index (χ0n) is 27.9. The van der Waals surface area contributed by atoms with Crippen molar-refractivity contribution in [3.8, 4) is 85.9 Å². The summed E-state index contributed by atoms with van der Waals surface area (Å²) < 4.78 is 26.7. The largest absolute Gasteiger partial charge is 0.504 e. The third kappa shape index (κ3) is 6.47. The molecule has 2 aliphatic heterocycles. The van der Waals surface area contributed by atoms with Crippen LogP contribution in [-0.4, -0.2) is 133 Å². The Kier molecular flexibility index (Phi) is 9.67. The van der Waals surface area contributed by atoms with Gasteiger partial charge >= 0.3 is 23.9 Å². The normalized spacial score (nSPS) is 20.2. The van der Waals surface area contributed by atoms with Crippen LogP contribution in [0.3, 0.4) is 0 Å². The van der Waals surface area contributed by atoms with Gasteiger partial charge in [-0.05, 0) is 24.3 Å². The van der Waals surface area contributed by atoms with Gasteiger partial charge in [-0.25, -0.2) is 19.2 Å². The number of hydrogen-bond donors (Lipinski definition) is 14. The number of hydrogen-bond acceptors (Lipinski definition) is 22. The fourth-order valence-corrected chi connectivity index (χ4v) is 5.85. The number of aliphatic hydroxyl groups excluding tert-OH is 2. The molecule has 5 unspecified atom stereocenters. The molecule has 0 spiro atoms. The van der Waals surface area contributed by atoms with Crippen molar-refractivity contribution in [1.29, 1.82) is 0 Å². The summed E-state index contributed by atoms with van der Waals surface area (Å²) in [4.78, 5) is 52.8. The molecule has 0 aliphatic carbocycles.